The minimum atomic E-state index is -3.02. The third-order valence-electron chi connectivity index (χ3n) is 4.98. The molecule has 0 unspecified atom stereocenters. The molecular formula is C18H24N2O4S. The van der Waals surface area contributed by atoms with E-state index in [0.717, 1.165) is 25.7 Å². The fraction of sp³-hybridized carbons (Fsp3) is 0.556. The van der Waals surface area contributed by atoms with Gasteiger partial charge < -0.3 is 10.2 Å². The number of sulfone groups is 1. The van der Waals surface area contributed by atoms with Crippen molar-refractivity contribution in [3.63, 3.8) is 0 Å². The van der Waals surface area contributed by atoms with Crippen LogP contribution in [0, 0.1) is 5.92 Å². The zero-order chi connectivity index (χ0) is 17.9. The summed E-state index contributed by atoms with van der Waals surface area (Å²) in [4.78, 5) is 26.5. The molecule has 2 fully saturated rings. The summed E-state index contributed by atoms with van der Waals surface area (Å²) in [5.74, 6) is -0.0920. The van der Waals surface area contributed by atoms with Crippen LogP contribution in [0.3, 0.4) is 0 Å². The molecule has 2 amide bonds. The normalized spacial score (nSPS) is 20.9. The van der Waals surface area contributed by atoms with Gasteiger partial charge in [-0.15, -0.1) is 0 Å². The Hall–Kier alpha value is -1.89. The van der Waals surface area contributed by atoms with Crippen LogP contribution in [0.1, 0.15) is 42.5 Å². The van der Waals surface area contributed by atoms with Crippen molar-refractivity contribution in [1.29, 1.82) is 0 Å². The van der Waals surface area contributed by atoms with Crippen molar-refractivity contribution < 1.29 is 18.0 Å². The van der Waals surface area contributed by atoms with E-state index < -0.39 is 9.84 Å². The smallest absolute Gasteiger partial charge is 0.253 e. The molecule has 1 aromatic carbocycles. The number of carbonyl (C=O) groups excluding carboxylic acids is 2. The number of amides is 2. The van der Waals surface area contributed by atoms with E-state index in [1.54, 1.807) is 29.2 Å². The number of nitrogens with zero attached hydrogens (tertiary/aromatic N) is 1. The molecule has 1 saturated heterocycles. The molecule has 1 N–H and O–H groups in total. The van der Waals surface area contributed by atoms with Crippen LogP contribution in [0.25, 0.3) is 0 Å². The molecule has 0 radical (unpaired) electrons. The molecule has 0 bridgehead atoms. The molecule has 0 aromatic heterocycles. The first-order valence-electron chi connectivity index (χ1n) is 8.85. The number of hydrogen-bond donors (Lipinski definition) is 1. The van der Waals surface area contributed by atoms with E-state index in [0.29, 0.717) is 11.3 Å². The Kier molecular flexibility index (Phi) is 5.42. The zero-order valence-corrected chi connectivity index (χ0v) is 15.1. The van der Waals surface area contributed by atoms with Gasteiger partial charge in [0.2, 0.25) is 5.91 Å². The fourth-order valence-corrected chi connectivity index (χ4v) is 4.64. The number of hydrogen-bond acceptors (Lipinski definition) is 4. The maximum Gasteiger partial charge on any atom is 0.253 e. The maximum atomic E-state index is 12.6. The largest absolute Gasteiger partial charge is 0.337 e. The first-order valence-corrected chi connectivity index (χ1v) is 10.7. The number of rotatable bonds is 3. The average molecular weight is 364 g/mol. The van der Waals surface area contributed by atoms with E-state index in [1.807, 2.05) is 0 Å². The molecule has 3 rings (SSSR count). The number of carbonyl (C=O) groups is 2. The Balaban J connectivity index is 1.64. The Morgan fingerprint density at radius 1 is 1.04 bits per heavy atom. The van der Waals surface area contributed by atoms with Gasteiger partial charge in [0.25, 0.3) is 5.91 Å². The molecule has 1 aliphatic heterocycles. The third-order valence-corrected chi connectivity index (χ3v) is 6.59. The summed E-state index contributed by atoms with van der Waals surface area (Å²) >= 11 is 0. The van der Waals surface area contributed by atoms with Crippen LogP contribution in [0.4, 0.5) is 5.69 Å². The Morgan fingerprint density at radius 2 is 1.72 bits per heavy atom. The number of benzene rings is 1. The predicted molar refractivity (Wildman–Crippen MR) is 96.2 cm³/mol. The Morgan fingerprint density at radius 3 is 2.40 bits per heavy atom. The van der Waals surface area contributed by atoms with Crippen LogP contribution in [-0.4, -0.2) is 49.7 Å². The van der Waals surface area contributed by atoms with Crippen molar-refractivity contribution in [2.24, 2.45) is 5.92 Å². The highest BCUT2D eigenvalue weighted by Crippen LogP contribution is 2.25. The first kappa shape index (κ1) is 17.9. The molecule has 1 aromatic rings. The lowest BCUT2D eigenvalue weighted by molar-refractivity contribution is -0.120. The molecular weight excluding hydrogens is 340 g/mol. The van der Waals surface area contributed by atoms with Crippen LogP contribution in [-0.2, 0) is 14.6 Å². The highest BCUT2D eigenvalue weighted by molar-refractivity contribution is 7.91. The van der Waals surface area contributed by atoms with Gasteiger partial charge in [0.1, 0.15) is 0 Å². The van der Waals surface area contributed by atoms with Crippen LogP contribution < -0.4 is 5.32 Å². The summed E-state index contributed by atoms with van der Waals surface area (Å²) in [6.45, 7) is 0.444. The van der Waals surface area contributed by atoms with Crippen molar-refractivity contribution in [3.05, 3.63) is 29.8 Å². The van der Waals surface area contributed by atoms with E-state index >= 15 is 0 Å². The van der Waals surface area contributed by atoms with E-state index in [1.165, 1.54) is 6.42 Å². The van der Waals surface area contributed by atoms with Gasteiger partial charge in [-0.25, -0.2) is 8.42 Å². The Bertz CT molecular complexity index is 740. The van der Waals surface area contributed by atoms with Gasteiger partial charge in [-0.2, -0.15) is 0 Å². The molecule has 25 heavy (non-hydrogen) atoms. The molecule has 2 aliphatic rings. The molecule has 136 valence electrons. The molecule has 6 nitrogen and oxygen atoms in total. The van der Waals surface area contributed by atoms with Crippen LogP contribution in [0.15, 0.2) is 24.3 Å². The van der Waals surface area contributed by atoms with Gasteiger partial charge in [0.15, 0.2) is 9.84 Å². The molecule has 1 heterocycles. The summed E-state index contributed by atoms with van der Waals surface area (Å²) in [5, 5.41) is 2.92. The molecule has 7 heteroatoms. The van der Waals surface area contributed by atoms with Crippen molar-refractivity contribution >= 4 is 27.3 Å². The second-order valence-corrected chi connectivity index (χ2v) is 9.15. The SMILES string of the molecule is O=C(Nc1cccc(C(=O)N2CCS(=O)(=O)CC2)c1)C1CCCCC1. The first-order chi connectivity index (χ1) is 11.9. The minimum absolute atomic E-state index is 0.0108. The van der Waals surface area contributed by atoms with E-state index in [2.05, 4.69) is 5.32 Å². The van der Waals surface area contributed by atoms with Gasteiger partial charge >= 0.3 is 0 Å². The zero-order valence-electron chi connectivity index (χ0n) is 14.2. The summed E-state index contributed by atoms with van der Waals surface area (Å²) < 4.78 is 23.0. The van der Waals surface area contributed by atoms with Crippen molar-refractivity contribution in [2.45, 2.75) is 32.1 Å². The second-order valence-electron chi connectivity index (χ2n) is 6.85. The van der Waals surface area contributed by atoms with Gasteiger partial charge in [0.05, 0.1) is 11.5 Å². The lowest BCUT2D eigenvalue weighted by Crippen LogP contribution is -2.43. The molecule has 1 saturated carbocycles. The van der Waals surface area contributed by atoms with Crippen molar-refractivity contribution in [2.75, 3.05) is 29.9 Å². The number of nitrogens with one attached hydrogen (secondary N) is 1. The van der Waals surface area contributed by atoms with Crippen LogP contribution in [0.5, 0.6) is 0 Å². The summed E-state index contributed by atoms with van der Waals surface area (Å²) in [5.41, 5.74) is 1.09. The molecule has 0 spiro atoms. The van der Waals surface area contributed by atoms with Gasteiger partial charge in [-0.3, -0.25) is 9.59 Å². The molecule has 1 aliphatic carbocycles. The molecule has 0 atom stereocenters. The summed E-state index contributed by atoms with van der Waals surface area (Å²) in [6.07, 6.45) is 5.22. The van der Waals surface area contributed by atoms with E-state index in [4.69, 9.17) is 0 Å². The minimum Gasteiger partial charge on any atom is -0.337 e. The van der Waals surface area contributed by atoms with Crippen molar-refractivity contribution in [1.82, 2.24) is 4.90 Å². The highest BCUT2D eigenvalue weighted by Gasteiger charge is 2.26. The number of anilines is 1. The van der Waals surface area contributed by atoms with Crippen molar-refractivity contribution in [3.8, 4) is 0 Å². The maximum absolute atomic E-state index is 12.6. The van der Waals surface area contributed by atoms with E-state index in [-0.39, 0.29) is 42.3 Å². The fourth-order valence-electron chi connectivity index (χ4n) is 3.44. The quantitative estimate of drug-likeness (QED) is 0.890. The Labute approximate surface area is 148 Å². The predicted octanol–water partition coefficient (Wildman–Crippen LogP) is 2.08. The lowest BCUT2D eigenvalue weighted by Gasteiger charge is -2.27. The average Bonchev–Trinajstić information content (AvgIpc) is 2.62. The second kappa shape index (κ2) is 7.56. The van der Waals surface area contributed by atoms with Crippen LogP contribution in [0.2, 0.25) is 0 Å². The summed E-state index contributed by atoms with van der Waals surface area (Å²) in [6, 6.07) is 6.89. The van der Waals surface area contributed by atoms with Gasteiger partial charge in [-0.1, -0.05) is 25.3 Å². The monoisotopic (exact) mass is 364 g/mol. The lowest BCUT2D eigenvalue weighted by atomic mass is 9.88. The standard InChI is InChI=1S/C18H24N2O4S/c21-17(14-5-2-1-3-6-14)19-16-8-4-7-15(13-16)18(22)20-9-11-25(23,24)12-10-20/h4,7-8,13-14H,1-3,5-6,9-12H2,(H,19,21). The van der Waals surface area contributed by atoms with Crippen LogP contribution >= 0.6 is 0 Å². The summed E-state index contributed by atoms with van der Waals surface area (Å²) in [7, 11) is -3.02. The topological polar surface area (TPSA) is 83.6 Å². The van der Waals surface area contributed by atoms with Gasteiger partial charge in [-0.05, 0) is 31.0 Å². The third kappa shape index (κ3) is 4.60. The van der Waals surface area contributed by atoms with E-state index in [9.17, 15) is 18.0 Å². The van der Waals surface area contributed by atoms with Gasteiger partial charge in [0, 0.05) is 30.3 Å². The highest BCUT2D eigenvalue weighted by atomic mass is 32.2.